The van der Waals surface area contributed by atoms with E-state index >= 15 is 0 Å². The zero-order valence-corrected chi connectivity index (χ0v) is 12.7. The van der Waals surface area contributed by atoms with Gasteiger partial charge in [-0.25, -0.2) is 0 Å². The number of aryl methyl sites for hydroxylation is 1. The number of nitrogens with zero attached hydrogens (tertiary/aromatic N) is 1. The minimum absolute atomic E-state index is 0.0331. The molecule has 104 valence electrons. The molecule has 1 N–H and O–H groups in total. The molecule has 2 unspecified atom stereocenters. The summed E-state index contributed by atoms with van der Waals surface area (Å²) in [7, 11) is 0. The van der Waals surface area contributed by atoms with Gasteiger partial charge in [0.25, 0.3) is 0 Å². The summed E-state index contributed by atoms with van der Waals surface area (Å²) < 4.78 is 0. The molecule has 0 aromatic heterocycles. The van der Waals surface area contributed by atoms with Crippen molar-refractivity contribution in [2.45, 2.75) is 32.5 Å². The first kappa shape index (κ1) is 14.4. The Hall–Kier alpha value is -1.00. The first-order chi connectivity index (χ1) is 9.19. The van der Waals surface area contributed by atoms with Gasteiger partial charge in [-0.2, -0.15) is 11.8 Å². The van der Waals surface area contributed by atoms with Crippen molar-refractivity contribution in [3.63, 3.8) is 0 Å². The smallest absolute Gasteiger partial charge is 0.241 e. The molecule has 1 aliphatic heterocycles. The Labute approximate surface area is 119 Å². The van der Waals surface area contributed by atoms with Crippen LogP contribution in [0, 0.1) is 6.92 Å². The molecule has 1 heterocycles. The van der Waals surface area contributed by atoms with Gasteiger partial charge in [0.2, 0.25) is 5.91 Å². The average molecular weight is 278 g/mol. The molecule has 19 heavy (non-hydrogen) atoms. The topological polar surface area (TPSA) is 32.3 Å². The second-order valence-electron chi connectivity index (χ2n) is 4.91. The van der Waals surface area contributed by atoms with Gasteiger partial charge >= 0.3 is 0 Å². The third-order valence-corrected chi connectivity index (χ3v) is 4.27. The highest BCUT2D eigenvalue weighted by Gasteiger charge is 2.38. The fraction of sp³-hybridized carbons (Fsp3) is 0.533. The van der Waals surface area contributed by atoms with Gasteiger partial charge in [0.1, 0.15) is 6.17 Å². The maximum atomic E-state index is 12.4. The summed E-state index contributed by atoms with van der Waals surface area (Å²) in [6, 6.07) is 8.27. The normalized spacial score (nSPS) is 23.1. The summed E-state index contributed by atoms with van der Waals surface area (Å²) in [6.45, 7) is 4.97. The lowest BCUT2D eigenvalue weighted by Gasteiger charge is -2.25. The number of thioether (sulfide) groups is 1. The summed E-state index contributed by atoms with van der Waals surface area (Å²) in [5.41, 5.74) is 2.45. The fourth-order valence-electron chi connectivity index (χ4n) is 2.55. The molecular formula is C15H22N2OS. The molecule has 3 nitrogen and oxygen atoms in total. The summed E-state index contributed by atoms with van der Waals surface area (Å²) in [6.07, 6.45) is 2.95. The summed E-state index contributed by atoms with van der Waals surface area (Å²) >= 11 is 1.78. The van der Waals surface area contributed by atoms with E-state index in [2.05, 4.69) is 37.6 Å². The van der Waals surface area contributed by atoms with Crippen molar-refractivity contribution in [3.05, 3.63) is 35.4 Å². The Morgan fingerprint density at radius 2 is 2.11 bits per heavy atom. The van der Waals surface area contributed by atoms with Crippen molar-refractivity contribution in [2.75, 3.05) is 18.6 Å². The van der Waals surface area contributed by atoms with Gasteiger partial charge in [-0.15, -0.1) is 0 Å². The fourth-order valence-corrected chi connectivity index (χ4v) is 2.93. The van der Waals surface area contributed by atoms with Crippen LogP contribution >= 0.6 is 11.8 Å². The van der Waals surface area contributed by atoms with E-state index in [9.17, 15) is 4.79 Å². The predicted molar refractivity (Wildman–Crippen MR) is 81.2 cm³/mol. The number of carbonyl (C=O) groups is 1. The van der Waals surface area contributed by atoms with Crippen LogP contribution < -0.4 is 5.32 Å². The van der Waals surface area contributed by atoms with Crippen LogP contribution in [0.2, 0.25) is 0 Å². The summed E-state index contributed by atoms with van der Waals surface area (Å²) in [4.78, 5) is 14.4. The molecular weight excluding hydrogens is 256 g/mol. The van der Waals surface area contributed by atoms with Gasteiger partial charge in [-0.05, 0) is 30.7 Å². The van der Waals surface area contributed by atoms with E-state index in [0.717, 1.165) is 18.7 Å². The zero-order valence-electron chi connectivity index (χ0n) is 11.8. The number of hydrogen-bond donors (Lipinski definition) is 1. The summed E-state index contributed by atoms with van der Waals surface area (Å²) in [5, 5.41) is 3.47. The van der Waals surface area contributed by atoms with Crippen molar-refractivity contribution in [3.8, 4) is 0 Å². The lowest BCUT2D eigenvalue weighted by atomic mass is 10.1. The highest BCUT2D eigenvalue weighted by molar-refractivity contribution is 7.98. The lowest BCUT2D eigenvalue weighted by molar-refractivity contribution is -0.129. The van der Waals surface area contributed by atoms with Crippen LogP contribution in [0.25, 0.3) is 0 Å². The van der Waals surface area contributed by atoms with Gasteiger partial charge in [0, 0.05) is 12.3 Å². The van der Waals surface area contributed by atoms with Crippen LogP contribution in [0.4, 0.5) is 0 Å². The number of nitrogens with one attached hydrogen (secondary N) is 1. The molecule has 2 atom stereocenters. The number of carbonyl (C=O) groups excluding carboxylic acids is 1. The van der Waals surface area contributed by atoms with Crippen LogP contribution in [0.1, 0.15) is 30.6 Å². The van der Waals surface area contributed by atoms with Crippen LogP contribution in [0.5, 0.6) is 0 Å². The highest BCUT2D eigenvalue weighted by atomic mass is 32.2. The van der Waals surface area contributed by atoms with Gasteiger partial charge in [-0.3, -0.25) is 10.1 Å². The molecule has 4 heteroatoms. The van der Waals surface area contributed by atoms with E-state index in [1.807, 2.05) is 17.0 Å². The van der Waals surface area contributed by atoms with E-state index in [-0.39, 0.29) is 18.1 Å². The van der Waals surface area contributed by atoms with Crippen molar-refractivity contribution in [1.29, 1.82) is 0 Å². The molecule has 0 radical (unpaired) electrons. The van der Waals surface area contributed by atoms with Gasteiger partial charge in [0.05, 0.1) is 6.04 Å². The minimum Gasteiger partial charge on any atom is -0.321 e. The van der Waals surface area contributed by atoms with E-state index in [1.54, 1.807) is 11.8 Å². The van der Waals surface area contributed by atoms with Crippen molar-refractivity contribution in [1.82, 2.24) is 10.2 Å². The maximum Gasteiger partial charge on any atom is 0.241 e. The van der Waals surface area contributed by atoms with Gasteiger partial charge in [-0.1, -0.05) is 31.2 Å². The first-order valence-corrected chi connectivity index (χ1v) is 8.19. The van der Waals surface area contributed by atoms with Crippen LogP contribution in [-0.4, -0.2) is 35.4 Å². The van der Waals surface area contributed by atoms with E-state index in [4.69, 9.17) is 0 Å². The van der Waals surface area contributed by atoms with Crippen molar-refractivity contribution < 1.29 is 4.79 Å². The third kappa shape index (κ3) is 2.95. The second kappa shape index (κ2) is 6.44. The SMILES string of the molecule is CCC1NC(c2ccccc2C)N(CCSC)C1=O. The molecule has 0 bridgehead atoms. The molecule has 1 amide bonds. The number of hydrogen-bond acceptors (Lipinski definition) is 3. The van der Waals surface area contributed by atoms with Crippen LogP contribution in [-0.2, 0) is 4.79 Å². The van der Waals surface area contributed by atoms with E-state index in [1.165, 1.54) is 11.1 Å². The molecule has 1 aromatic carbocycles. The summed E-state index contributed by atoms with van der Waals surface area (Å²) in [5.74, 6) is 1.22. The van der Waals surface area contributed by atoms with E-state index in [0.29, 0.717) is 0 Å². The third-order valence-electron chi connectivity index (χ3n) is 3.68. The average Bonchev–Trinajstić information content (AvgIpc) is 2.73. The molecule has 0 saturated carbocycles. The Morgan fingerprint density at radius 3 is 2.74 bits per heavy atom. The Balaban J connectivity index is 2.26. The Kier molecular flexibility index (Phi) is 4.88. The van der Waals surface area contributed by atoms with Crippen molar-refractivity contribution in [2.24, 2.45) is 0 Å². The predicted octanol–water partition coefficient (Wildman–Crippen LogP) is 2.57. The van der Waals surface area contributed by atoms with Gasteiger partial charge in [0.15, 0.2) is 0 Å². The number of benzene rings is 1. The Morgan fingerprint density at radius 1 is 1.37 bits per heavy atom. The van der Waals surface area contributed by atoms with Crippen molar-refractivity contribution >= 4 is 17.7 Å². The standard InChI is InChI=1S/C15H22N2OS/c1-4-13-15(18)17(9-10-19-3)14(16-13)12-8-6-5-7-11(12)2/h5-8,13-14,16H,4,9-10H2,1-3H3. The van der Waals surface area contributed by atoms with Gasteiger partial charge < -0.3 is 4.90 Å². The molecule has 1 aromatic rings. The molecule has 1 aliphatic rings. The Bertz CT molecular complexity index is 450. The quantitative estimate of drug-likeness (QED) is 0.898. The highest BCUT2D eigenvalue weighted by Crippen LogP contribution is 2.28. The molecule has 0 aliphatic carbocycles. The maximum absolute atomic E-state index is 12.4. The first-order valence-electron chi connectivity index (χ1n) is 6.80. The zero-order chi connectivity index (χ0) is 13.8. The molecule has 1 fully saturated rings. The number of rotatable bonds is 5. The number of amides is 1. The van der Waals surface area contributed by atoms with E-state index < -0.39 is 0 Å². The molecule has 0 spiro atoms. The molecule has 1 saturated heterocycles. The monoisotopic (exact) mass is 278 g/mol. The minimum atomic E-state index is -0.0357. The van der Waals surface area contributed by atoms with Crippen LogP contribution in [0.3, 0.4) is 0 Å². The molecule has 2 rings (SSSR count). The second-order valence-corrected chi connectivity index (χ2v) is 5.90. The largest absolute Gasteiger partial charge is 0.321 e. The van der Waals surface area contributed by atoms with Crippen LogP contribution in [0.15, 0.2) is 24.3 Å². The lowest BCUT2D eigenvalue weighted by Crippen LogP contribution is -2.33.